The summed E-state index contributed by atoms with van der Waals surface area (Å²) >= 11 is 1.49. The van der Waals surface area contributed by atoms with Crippen molar-refractivity contribution in [2.24, 2.45) is 0 Å². The summed E-state index contributed by atoms with van der Waals surface area (Å²) in [7, 11) is 0. The van der Waals surface area contributed by atoms with Gasteiger partial charge in [-0.15, -0.1) is 11.3 Å². The molecule has 0 aliphatic rings. The molecule has 0 saturated heterocycles. The summed E-state index contributed by atoms with van der Waals surface area (Å²) in [4.78, 5) is 4.52. The van der Waals surface area contributed by atoms with Gasteiger partial charge in [0.1, 0.15) is 21.7 Å². The maximum Gasteiger partial charge on any atom is 0.154 e. The highest BCUT2D eigenvalue weighted by atomic mass is 32.1. The molecule has 1 aromatic carbocycles. The summed E-state index contributed by atoms with van der Waals surface area (Å²) in [6, 6.07) is 12.1. The fourth-order valence-corrected chi connectivity index (χ4v) is 2.71. The molecular formula is C15H12N2OS. The Labute approximate surface area is 115 Å². The van der Waals surface area contributed by atoms with Gasteiger partial charge in [0.05, 0.1) is 6.07 Å². The number of benzene rings is 1. The number of hydrogen-bond donors (Lipinski definition) is 0. The fraction of sp³-hybridized carbons (Fsp3) is 0.200. The van der Waals surface area contributed by atoms with E-state index in [1.807, 2.05) is 49.6 Å². The molecule has 3 aromatic rings. The Morgan fingerprint density at radius 2 is 2.11 bits per heavy atom. The molecule has 94 valence electrons. The van der Waals surface area contributed by atoms with Crippen LogP contribution in [-0.4, -0.2) is 4.98 Å². The van der Waals surface area contributed by atoms with Crippen LogP contribution < -0.4 is 0 Å². The van der Waals surface area contributed by atoms with Gasteiger partial charge >= 0.3 is 0 Å². The van der Waals surface area contributed by atoms with Gasteiger partial charge in [-0.2, -0.15) is 5.26 Å². The van der Waals surface area contributed by atoms with Crippen molar-refractivity contribution in [1.82, 2.24) is 4.98 Å². The average molecular weight is 268 g/mol. The van der Waals surface area contributed by atoms with E-state index in [2.05, 4.69) is 11.1 Å². The van der Waals surface area contributed by atoms with Crippen molar-refractivity contribution in [2.45, 2.75) is 19.3 Å². The number of hydrogen-bond acceptors (Lipinski definition) is 4. The fourth-order valence-electron chi connectivity index (χ4n) is 1.83. The number of thiazole rings is 1. The lowest BCUT2D eigenvalue weighted by atomic mass is 9.97. The number of furan rings is 1. The van der Waals surface area contributed by atoms with Gasteiger partial charge in [-0.3, -0.25) is 0 Å². The Balaban J connectivity index is 2.06. The third kappa shape index (κ3) is 2.02. The van der Waals surface area contributed by atoms with Crippen LogP contribution in [0.15, 0.2) is 40.1 Å². The molecule has 4 heteroatoms. The second-order valence-corrected chi connectivity index (χ2v) is 5.78. The lowest BCUT2D eigenvalue weighted by Crippen LogP contribution is -2.13. The van der Waals surface area contributed by atoms with Crippen molar-refractivity contribution in [3.05, 3.63) is 40.7 Å². The summed E-state index contributed by atoms with van der Waals surface area (Å²) in [6.45, 7) is 3.74. The molecule has 0 amide bonds. The zero-order valence-corrected chi connectivity index (χ0v) is 11.5. The minimum Gasteiger partial charge on any atom is -0.454 e. The first-order chi connectivity index (χ1) is 9.10. The Bertz CT molecular complexity index is 744. The van der Waals surface area contributed by atoms with Crippen LogP contribution in [0.25, 0.3) is 22.4 Å². The quantitative estimate of drug-likeness (QED) is 0.694. The Morgan fingerprint density at radius 3 is 2.84 bits per heavy atom. The number of rotatable bonds is 2. The van der Waals surface area contributed by atoms with Crippen molar-refractivity contribution in [1.29, 1.82) is 5.26 Å². The van der Waals surface area contributed by atoms with Crippen molar-refractivity contribution in [3.63, 3.8) is 0 Å². The monoisotopic (exact) mass is 268 g/mol. The first-order valence-electron chi connectivity index (χ1n) is 5.96. The third-order valence-electron chi connectivity index (χ3n) is 3.00. The standard InChI is InChI=1S/C15H12N2OS/c1-15(2,9-16)14-17-11(8-19-14)13-7-10-5-3-4-6-12(10)18-13/h3-8H,1-2H3. The minimum absolute atomic E-state index is 0.561. The van der Waals surface area contributed by atoms with Crippen molar-refractivity contribution >= 4 is 22.3 Å². The van der Waals surface area contributed by atoms with E-state index in [4.69, 9.17) is 9.68 Å². The lowest BCUT2D eigenvalue weighted by molar-refractivity contribution is 0.626. The van der Waals surface area contributed by atoms with Gasteiger partial charge in [0, 0.05) is 10.8 Å². The van der Waals surface area contributed by atoms with Crippen molar-refractivity contribution in [3.8, 4) is 17.5 Å². The van der Waals surface area contributed by atoms with Gasteiger partial charge < -0.3 is 4.42 Å². The van der Waals surface area contributed by atoms with E-state index < -0.39 is 5.41 Å². The first kappa shape index (κ1) is 11.9. The highest BCUT2D eigenvalue weighted by Crippen LogP contribution is 2.32. The first-order valence-corrected chi connectivity index (χ1v) is 6.84. The summed E-state index contributed by atoms with van der Waals surface area (Å²) in [5, 5.41) is 12.9. The van der Waals surface area contributed by atoms with Crippen LogP contribution in [0.1, 0.15) is 18.9 Å². The molecule has 0 bridgehead atoms. The van der Waals surface area contributed by atoms with Crippen LogP contribution in [-0.2, 0) is 5.41 Å². The van der Waals surface area contributed by atoms with E-state index >= 15 is 0 Å². The smallest absolute Gasteiger partial charge is 0.154 e. The lowest BCUT2D eigenvalue weighted by Gasteiger charge is -2.09. The van der Waals surface area contributed by atoms with Crippen LogP contribution in [0, 0.1) is 11.3 Å². The van der Waals surface area contributed by atoms with E-state index in [9.17, 15) is 0 Å². The highest BCUT2D eigenvalue weighted by Gasteiger charge is 2.24. The van der Waals surface area contributed by atoms with Crippen molar-refractivity contribution in [2.75, 3.05) is 0 Å². The number of aromatic nitrogens is 1. The van der Waals surface area contributed by atoms with Gasteiger partial charge in [0.25, 0.3) is 0 Å². The van der Waals surface area contributed by atoms with Gasteiger partial charge in [-0.1, -0.05) is 18.2 Å². The molecule has 0 aliphatic heterocycles. The topological polar surface area (TPSA) is 49.8 Å². The molecule has 0 radical (unpaired) electrons. The number of nitriles is 1. The molecule has 0 atom stereocenters. The molecule has 0 N–H and O–H groups in total. The van der Waals surface area contributed by atoms with E-state index in [0.717, 1.165) is 27.4 Å². The predicted molar refractivity (Wildman–Crippen MR) is 76.0 cm³/mol. The molecule has 19 heavy (non-hydrogen) atoms. The van der Waals surface area contributed by atoms with E-state index in [-0.39, 0.29) is 0 Å². The van der Waals surface area contributed by atoms with Crippen LogP contribution in [0.2, 0.25) is 0 Å². The third-order valence-corrected chi connectivity index (χ3v) is 4.16. The van der Waals surface area contributed by atoms with E-state index in [0.29, 0.717) is 0 Å². The summed E-state index contributed by atoms with van der Waals surface area (Å²) in [5.74, 6) is 0.748. The zero-order valence-electron chi connectivity index (χ0n) is 10.7. The largest absolute Gasteiger partial charge is 0.454 e. The van der Waals surface area contributed by atoms with Gasteiger partial charge in [-0.05, 0) is 26.0 Å². The van der Waals surface area contributed by atoms with E-state index in [1.54, 1.807) is 0 Å². The summed E-state index contributed by atoms with van der Waals surface area (Å²) in [5.41, 5.74) is 1.08. The Morgan fingerprint density at radius 1 is 1.32 bits per heavy atom. The zero-order chi connectivity index (χ0) is 13.5. The van der Waals surface area contributed by atoms with Crippen LogP contribution in [0.4, 0.5) is 0 Å². The van der Waals surface area contributed by atoms with Crippen molar-refractivity contribution < 1.29 is 4.42 Å². The molecule has 0 spiro atoms. The van der Waals surface area contributed by atoms with Gasteiger partial charge in [-0.25, -0.2) is 4.98 Å². The maximum absolute atomic E-state index is 9.13. The second-order valence-electron chi connectivity index (χ2n) is 4.92. The van der Waals surface area contributed by atoms with E-state index in [1.165, 1.54) is 11.3 Å². The molecule has 0 saturated carbocycles. The normalized spacial score (nSPS) is 11.6. The average Bonchev–Trinajstić information content (AvgIpc) is 3.05. The molecule has 2 aromatic heterocycles. The molecule has 3 rings (SSSR count). The van der Waals surface area contributed by atoms with Gasteiger partial charge in [0.15, 0.2) is 5.76 Å². The molecule has 0 fully saturated rings. The molecule has 0 unspecified atom stereocenters. The van der Waals surface area contributed by atoms with Crippen LogP contribution in [0.5, 0.6) is 0 Å². The maximum atomic E-state index is 9.13. The Kier molecular flexibility index (Phi) is 2.65. The number of fused-ring (bicyclic) bond motifs is 1. The highest BCUT2D eigenvalue weighted by molar-refractivity contribution is 7.10. The predicted octanol–water partition coefficient (Wildman–Crippen LogP) is 4.36. The summed E-state index contributed by atoms with van der Waals surface area (Å²) in [6.07, 6.45) is 0. The SMILES string of the molecule is CC(C)(C#N)c1nc(-c2cc3ccccc3o2)cs1. The minimum atomic E-state index is -0.561. The Hall–Kier alpha value is -2.12. The summed E-state index contributed by atoms with van der Waals surface area (Å²) < 4.78 is 5.77. The molecule has 2 heterocycles. The number of nitrogens with zero attached hydrogens (tertiary/aromatic N) is 2. The van der Waals surface area contributed by atoms with Crippen LogP contribution >= 0.6 is 11.3 Å². The van der Waals surface area contributed by atoms with Gasteiger partial charge in [0.2, 0.25) is 0 Å². The van der Waals surface area contributed by atoms with Crippen LogP contribution in [0.3, 0.4) is 0 Å². The molecule has 3 nitrogen and oxygen atoms in total. The second kappa shape index (κ2) is 4.22. The number of para-hydroxylation sites is 1. The molecule has 0 aliphatic carbocycles. The molecular weight excluding hydrogens is 256 g/mol.